The van der Waals surface area contributed by atoms with Crippen molar-refractivity contribution >= 4 is 23.2 Å². The van der Waals surface area contributed by atoms with Crippen LogP contribution in [0.2, 0.25) is 0 Å². The van der Waals surface area contributed by atoms with Gasteiger partial charge in [-0.2, -0.15) is 0 Å². The van der Waals surface area contributed by atoms with Gasteiger partial charge in [-0.15, -0.1) is 0 Å². The summed E-state index contributed by atoms with van der Waals surface area (Å²) >= 11 is 1.56. The number of allylic oxidation sites excluding steroid dienone is 1. The Bertz CT molecular complexity index is 620. The Morgan fingerprint density at radius 3 is 2.48 bits per heavy atom. The Balaban J connectivity index is 2.55. The molecule has 1 fully saturated rings. The summed E-state index contributed by atoms with van der Waals surface area (Å²) in [5, 5.41) is 0.772. The number of rotatable bonds is 8. The van der Waals surface area contributed by atoms with Gasteiger partial charge in [-0.1, -0.05) is 50.8 Å². The van der Waals surface area contributed by atoms with Gasteiger partial charge in [-0.3, -0.25) is 0 Å². The van der Waals surface area contributed by atoms with Gasteiger partial charge >= 0.3 is 0 Å². The van der Waals surface area contributed by atoms with E-state index in [1.54, 1.807) is 11.8 Å². The van der Waals surface area contributed by atoms with E-state index in [4.69, 9.17) is 10.7 Å². The van der Waals surface area contributed by atoms with Crippen molar-refractivity contribution in [3.63, 3.8) is 0 Å². The summed E-state index contributed by atoms with van der Waals surface area (Å²) in [6.07, 6.45) is 11.3. The van der Waals surface area contributed by atoms with Crippen LogP contribution in [0.1, 0.15) is 64.4 Å². The zero-order chi connectivity index (χ0) is 18.4. The minimum atomic E-state index is -0.372. The van der Waals surface area contributed by atoms with Crippen molar-refractivity contribution in [2.45, 2.75) is 69.6 Å². The molecule has 0 aliphatic heterocycles. The smallest absolute Gasteiger partial charge is 0.189 e. The van der Waals surface area contributed by atoms with Crippen molar-refractivity contribution in [1.82, 2.24) is 9.97 Å². The molecule has 0 bridgehead atoms. The predicted octanol–water partition coefficient (Wildman–Crippen LogP) is 5.01. The van der Waals surface area contributed by atoms with Crippen LogP contribution < -0.4 is 10.6 Å². The summed E-state index contributed by atoms with van der Waals surface area (Å²) in [6, 6.07) is 0. The highest BCUT2D eigenvalue weighted by molar-refractivity contribution is 7.98. The van der Waals surface area contributed by atoms with Crippen LogP contribution in [0.3, 0.4) is 0 Å². The first-order valence-electron chi connectivity index (χ1n) is 9.27. The molecule has 0 aromatic carbocycles. The molecule has 1 aromatic heterocycles. The Morgan fingerprint density at radius 2 is 1.92 bits per heavy atom. The van der Waals surface area contributed by atoms with E-state index in [0.29, 0.717) is 0 Å². The van der Waals surface area contributed by atoms with Crippen molar-refractivity contribution in [1.29, 1.82) is 0 Å². The van der Waals surface area contributed by atoms with Crippen LogP contribution in [-0.4, -0.2) is 28.4 Å². The molecule has 5 heteroatoms. The third-order valence-electron chi connectivity index (χ3n) is 5.13. The van der Waals surface area contributed by atoms with Gasteiger partial charge in [0.2, 0.25) is 0 Å². The van der Waals surface area contributed by atoms with E-state index >= 15 is 0 Å². The van der Waals surface area contributed by atoms with Crippen molar-refractivity contribution in [3.8, 4) is 0 Å². The number of nitrogens with two attached hydrogens (primary N) is 1. The van der Waals surface area contributed by atoms with Crippen LogP contribution in [0.4, 0.5) is 5.82 Å². The molecule has 1 aliphatic carbocycles. The molecule has 2 N–H and O–H groups in total. The molecule has 2 rings (SSSR count). The van der Waals surface area contributed by atoms with Crippen molar-refractivity contribution in [2.24, 2.45) is 5.73 Å². The average molecular weight is 361 g/mol. The molecule has 1 heterocycles. The van der Waals surface area contributed by atoms with E-state index in [0.717, 1.165) is 67.2 Å². The average Bonchev–Trinajstić information content (AvgIpc) is 2.65. The molecule has 0 radical (unpaired) electrons. The lowest BCUT2D eigenvalue weighted by molar-refractivity contribution is 0.283. The van der Waals surface area contributed by atoms with Crippen LogP contribution in [0.15, 0.2) is 30.1 Å². The van der Waals surface area contributed by atoms with Gasteiger partial charge in [0.05, 0.1) is 5.66 Å². The topological polar surface area (TPSA) is 55.0 Å². The van der Waals surface area contributed by atoms with Gasteiger partial charge in [-0.25, -0.2) is 9.97 Å². The summed E-state index contributed by atoms with van der Waals surface area (Å²) in [5.41, 5.74) is 9.79. The van der Waals surface area contributed by atoms with Crippen molar-refractivity contribution < 1.29 is 0 Å². The van der Waals surface area contributed by atoms with Crippen LogP contribution >= 0.6 is 11.8 Å². The van der Waals surface area contributed by atoms with E-state index in [1.165, 1.54) is 12.0 Å². The number of nitrogens with zero attached hydrogens (tertiary/aromatic N) is 3. The Hall–Kier alpha value is -1.33. The minimum Gasteiger partial charge on any atom is -0.334 e. The molecule has 1 aliphatic rings. The molecule has 0 unspecified atom stereocenters. The maximum absolute atomic E-state index is 6.93. The van der Waals surface area contributed by atoms with Crippen molar-refractivity contribution in [2.75, 3.05) is 17.7 Å². The van der Waals surface area contributed by atoms with Gasteiger partial charge in [0.15, 0.2) is 5.16 Å². The zero-order valence-electron chi connectivity index (χ0n) is 16.0. The lowest BCUT2D eigenvalue weighted by Gasteiger charge is -2.45. The van der Waals surface area contributed by atoms with E-state index in [2.05, 4.69) is 36.9 Å². The quantitative estimate of drug-likeness (QED) is 0.305. The Labute approximate surface area is 157 Å². The number of hydrogen-bond acceptors (Lipinski definition) is 5. The Kier molecular flexibility index (Phi) is 7.08. The first kappa shape index (κ1) is 20.0. The van der Waals surface area contributed by atoms with Crippen LogP contribution in [-0.2, 0) is 0 Å². The molecule has 1 aromatic rings. The molecule has 0 saturated heterocycles. The van der Waals surface area contributed by atoms with E-state index in [9.17, 15) is 0 Å². The van der Waals surface area contributed by atoms with Crippen molar-refractivity contribution in [3.05, 3.63) is 30.5 Å². The standard InChI is InChI=1S/C20H32N4S/c1-6-15(3)14-24(20(21)11-9-8-10-12-20)18-17(16(4)7-2)13-22-19(23-18)25-5/h13H,3-4,6-12,14,21H2,1-2,5H3. The summed E-state index contributed by atoms with van der Waals surface area (Å²) < 4.78 is 0. The fourth-order valence-electron chi connectivity index (χ4n) is 3.31. The number of aromatic nitrogens is 2. The van der Waals surface area contributed by atoms with Crippen LogP contribution in [0.25, 0.3) is 5.57 Å². The second kappa shape index (κ2) is 8.86. The molecule has 0 atom stereocenters. The maximum atomic E-state index is 6.93. The molecule has 0 spiro atoms. The van der Waals surface area contributed by atoms with E-state index in [1.807, 2.05) is 12.5 Å². The van der Waals surface area contributed by atoms with Gasteiger partial charge in [0, 0.05) is 18.3 Å². The lowest BCUT2D eigenvalue weighted by atomic mass is 9.87. The second-order valence-electron chi connectivity index (χ2n) is 6.91. The number of anilines is 1. The predicted molar refractivity (Wildman–Crippen MR) is 110 cm³/mol. The molecular formula is C20H32N4S. The highest BCUT2D eigenvalue weighted by Gasteiger charge is 2.36. The lowest BCUT2D eigenvalue weighted by Crippen LogP contribution is -2.58. The third kappa shape index (κ3) is 4.64. The van der Waals surface area contributed by atoms with E-state index < -0.39 is 0 Å². The third-order valence-corrected chi connectivity index (χ3v) is 5.69. The first-order chi connectivity index (χ1) is 11.9. The molecule has 1 saturated carbocycles. The van der Waals surface area contributed by atoms with Gasteiger partial charge in [-0.05, 0) is 50.4 Å². The largest absolute Gasteiger partial charge is 0.334 e. The van der Waals surface area contributed by atoms with Gasteiger partial charge < -0.3 is 10.6 Å². The second-order valence-corrected chi connectivity index (χ2v) is 7.68. The fourth-order valence-corrected chi connectivity index (χ4v) is 3.65. The molecule has 0 amide bonds. The highest BCUT2D eigenvalue weighted by atomic mass is 32.2. The summed E-state index contributed by atoms with van der Waals surface area (Å²) in [5.74, 6) is 0.921. The molecule has 25 heavy (non-hydrogen) atoms. The summed E-state index contributed by atoms with van der Waals surface area (Å²) in [4.78, 5) is 11.6. The minimum absolute atomic E-state index is 0.372. The van der Waals surface area contributed by atoms with Crippen LogP contribution in [0, 0.1) is 0 Å². The van der Waals surface area contributed by atoms with Crippen LogP contribution in [0.5, 0.6) is 0 Å². The monoisotopic (exact) mass is 360 g/mol. The fraction of sp³-hybridized carbons (Fsp3) is 0.600. The first-order valence-corrected chi connectivity index (χ1v) is 10.5. The summed E-state index contributed by atoms with van der Waals surface area (Å²) in [7, 11) is 0. The molecule has 4 nitrogen and oxygen atoms in total. The molecule has 138 valence electrons. The summed E-state index contributed by atoms with van der Waals surface area (Å²) in [6.45, 7) is 13.5. The molecular weight excluding hydrogens is 328 g/mol. The van der Waals surface area contributed by atoms with Gasteiger partial charge in [0.1, 0.15) is 5.82 Å². The SMILES string of the molecule is C=C(CC)CN(c1nc(SC)ncc1C(=C)CC)C1(N)CCCCC1. The normalized spacial score (nSPS) is 16.5. The van der Waals surface area contributed by atoms with E-state index in [-0.39, 0.29) is 5.66 Å². The Morgan fingerprint density at radius 1 is 1.24 bits per heavy atom. The zero-order valence-corrected chi connectivity index (χ0v) is 16.8. The number of thioether (sulfide) groups is 1. The highest BCUT2D eigenvalue weighted by Crippen LogP contribution is 2.37. The van der Waals surface area contributed by atoms with Gasteiger partial charge in [0.25, 0.3) is 0 Å². The number of hydrogen-bond donors (Lipinski definition) is 1. The maximum Gasteiger partial charge on any atom is 0.189 e.